The molecule has 40 heavy (non-hydrogen) atoms. The van der Waals surface area contributed by atoms with E-state index in [2.05, 4.69) is 98.9 Å². The van der Waals surface area contributed by atoms with E-state index in [1.807, 2.05) is 42.5 Å². The average Bonchev–Trinajstić information content (AvgIpc) is 3.53. The molecule has 2 heterocycles. The standard InChI is InChI=1S/C36H20N4/c1-38-29-21-34(40-32-17-9-6-14-28(32)36-25-11-3-2-10-23(25)18-19-33(36)40)24(22-37)20-35(29)39-30-15-7-4-12-26(30)27-13-5-8-16-31(27)39/h2-21H. The molecule has 0 fully saturated rings. The zero-order valence-corrected chi connectivity index (χ0v) is 21.3. The Kier molecular flexibility index (Phi) is 4.62. The lowest BCUT2D eigenvalue weighted by atomic mass is 10.0. The number of fused-ring (bicyclic) bond motifs is 8. The Labute approximate surface area is 230 Å². The molecule has 0 radical (unpaired) electrons. The molecule has 2 aromatic heterocycles. The van der Waals surface area contributed by atoms with Crippen molar-refractivity contribution in [3.63, 3.8) is 0 Å². The number of nitrogens with zero attached hydrogens (tertiary/aromatic N) is 4. The van der Waals surface area contributed by atoms with Gasteiger partial charge in [-0.05, 0) is 47.2 Å². The van der Waals surface area contributed by atoms with Crippen LogP contribution in [-0.4, -0.2) is 9.13 Å². The summed E-state index contributed by atoms with van der Waals surface area (Å²) in [5.74, 6) is 0. The molecule has 0 spiro atoms. The maximum Gasteiger partial charge on any atom is 0.212 e. The van der Waals surface area contributed by atoms with Crippen molar-refractivity contribution in [1.82, 2.24) is 9.13 Å². The molecule has 0 aliphatic heterocycles. The molecule has 0 saturated carbocycles. The summed E-state index contributed by atoms with van der Waals surface area (Å²) in [6.45, 7) is 8.21. The van der Waals surface area contributed by atoms with Crippen LogP contribution >= 0.6 is 0 Å². The summed E-state index contributed by atoms with van der Waals surface area (Å²) in [4.78, 5) is 4.00. The molecular weight excluding hydrogens is 488 g/mol. The van der Waals surface area contributed by atoms with Crippen LogP contribution in [0, 0.1) is 17.9 Å². The zero-order chi connectivity index (χ0) is 26.8. The predicted octanol–water partition coefficient (Wildman–Crippen LogP) is 9.46. The Hall–Kier alpha value is -5.84. The van der Waals surface area contributed by atoms with Crippen LogP contribution in [0.25, 0.3) is 70.6 Å². The second-order valence-corrected chi connectivity index (χ2v) is 9.98. The summed E-state index contributed by atoms with van der Waals surface area (Å²) in [6, 6.07) is 43.6. The number of hydrogen-bond donors (Lipinski definition) is 0. The Morgan fingerprint density at radius 2 is 1.10 bits per heavy atom. The minimum Gasteiger partial charge on any atom is -0.319 e. The highest BCUT2D eigenvalue weighted by molar-refractivity contribution is 6.21. The summed E-state index contributed by atoms with van der Waals surface area (Å²) >= 11 is 0. The number of hydrogen-bond acceptors (Lipinski definition) is 1. The number of para-hydroxylation sites is 3. The van der Waals surface area contributed by atoms with Crippen molar-refractivity contribution < 1.29 is 0 Å². The molecule has 8 aromatic rings. The first-order valence-corrected chi connectivity index (χ1v) is 13.1. The number of nitriles is 1. The van der Waals surface area contributed by atoms with Crippen LogP contribution in [0.3, 0.4) is 0 Å². The maximum absolute atomic E-state index is 10.5. The Morgan fingerprint density at radius 1 is 0.550 bits per heavy atom. The lowest BCUT2D eigenvalue weighted by Crippen LogP contribution is -2.01. The zero-order valence-electron chi connectivity index (χ0n) is 21.3. The highest BCUT2D eigenvalue weighted by Crippen LogP contribution is 2.41. The van der Waals surface area contributed by atoms with Crippen LogP contribution in [-0.2, 0) is 0 Å². The van der Waals surface area contributed by atoms with Gasteiger partial charge in [0.2, 0.25) is 5.69 Å². The largest absolute Gasteiger partial charge is 0.319 e. The van der Waals surface area contributed by atoms with Gasteiger partial charge in [-0.15, -0.1) is 0 Å². The minimum atomic E-state index is 0.493. The van der Waals surface area contributed by atoms with Crippen LogP contribution in [0.2, 0.25) is 0 Å². The fraction of sp³-hybridized carbons (Fsp3) is 0. The SMILES string of the molecule is [C-]#[N+]c1cc(-n2c3ccccc3c3c4ccccc4ccc32)c(C#N)cc1-n1c2ccccc2c2ccccc21. The van der Waals surface area contributed by atoms with Crippen LogP contribution < -0.4 is 0 Å². The lowest BCUT2D eigenvalue weighted by molar-refractivity contribution is 1.14. The molecule has 184 valence electrons. The van der Waals surface area contributed by atoms with Gasteiger partial charge < -0.3 is 9.13 Å². The van der Waals surface area contributed by atoms with Crippen molar-refractivity contribution in [2.75, 3.05) is 0 Å². The van der Waals surface area contributed by atoms with Gasteiger partial charge in [0, 0.05) is 21.5 Å². The van der Waals surface area contributed by atoms with Gasteiger partial charge in [-0.2, -0.15) is 5.26 Å². The van der Waals surface area contributed by atoms with Crippen LogP contribution in [0.15, 0.2) is 121 Å². The second kappa shape index (κ2) is 8.33. The van der Waals surface area contributed by atoms with Gasteiger partial charge in [0.25, 0.3) is 0 Å². The van der Waals surface area contributed by atoms with E-state index in [1.165, 1.54) is 10.8 Å². The van der Waals surface area contributed by atoms with E-state index in [-0.39, 0.29) is 0 Å². The second-order valence-electron chi connectivity index (χ2n) is 9.98. The molecule has 0 aliphatic carbocycles. The smallest absolute Gasteiger partial charge is 0.212 e. The Bertz CT molecular complexity index is 2350. The monoisotopic (exact) mass is 508 g/mol. The number of rotatable bonds is 2. The summed E-state index contributed by atoms with van der Waals surface area (Å²) in [7, 11) is 0. The molecule has 0 N–H and O–H groups in total. The van der Waals surface area contributed by atoms with Gasteiger partial charge in [-0.25, -0.2) is 4.85 Å². The fourth-order valence-electron chi connectivity index (χ4n) is 6.29. The van der Waals surface area contributed by atoms with E-state index >= 15 is 0 Å². The highest BCUT2D eigenvalue weighted by atomic mass is 15.0. The Morgan fingerprint density at radius 3 is 1.75 bits per heavy atom. The first kappa shape index (κ1) is 22.2. The number of benzene rings is 6. The molecule has 4 heteroatoms. The molecule has 0 unspecified atom stereocenters. The first-order chi connectivity index (χ1) is 19.8. The summed E-state index contributed by atoms with van der Waals surface area (Å²) in [5.41, 5.74) is 6.45. The van der Waals surface area contributed by atoms with Gasteiger partial charge >= 0.3 is 0 Å². The van der Waals surface area contributed by atoms with E-state index < -0.39 is 0 Å². The van der Waals surface area contributed by atoms with Gasteiger partial charge in [-0.1, -0.05) is 84.9 Å². The van der Waals surface area contributed by atoms with Gasteiger partial charge in [0.1, 0.15) is 6.07 Å². The molecule has 0 bridgehead atoms. The molecule has 6 aromatic carbocycles. The fourth-order valence-corrected chi connectivity index (χ4v) is 6.29. The molecular formula is C36H20N4. The van der Waals surface area contributed by atoms with E-state index in [0.29, 0.717) is 22.6 Å². The third-order valence-corrected chi connectivity index (χ3v) is 7.96. The third-order valence-electron chi connectivity index (χ3n) is 7.96. The summed E-state index contributed by atoms with van der Waals surface area (Å²) in [5, 5.41) is 17.3. The molecule has 4 nitrogen and oxygen atoms in total. The van der Waals surface area contributed by atoms with E-state index in [9.17, 15) is 5.26 Å². The van der Waals surface area contributed by atoms with Gasteiger partial charge in [0.15, 0.2) is 0 Å². The average molecular weight is 509 g/mol. The van der Waals surface area contributed by atoms with E-state index in [1.54, 1.807) is 0 Å². The predicted molar refractivity (Wildman–Crippen MR) is 164 cm³/mol. The lowest BCUT2D eigenvalue weighted by Gasteiger charge is -2.16. The summed E-state index contributed by atoms with van der Waals surface area (Å²) < 4.78 is 4.25. The van der Waals surface area contributed by atoms with Crippen molar-refractivity contribution in [3.05, 3.63) is 138 Å². The van der Waals surface area contributed by atoms with E-state index in [4.69, 9.17) is 6.57 Å². The minimum absolute atomic E-state index is 0.493. The summed E-state index contributed by atoms with van der Waals surface area (Å²) in [6.07, 6.45) is 0. The number of aromatic nitrogens is 2. The van der Waals surface area contributed by atoms with Crippen LogP contribution in [0.4, 0.5) is 5.69 Å². The quantitative estimate of drug-likeness (QED) is 0.214. The molecule has 8 rings (SSSR count). The van der Waals surface area contributed by atoms with E-state index in [0.717, 1.165) is 43.6 Å². The Balaban J connectivity index is 1.49. The van der Waals surface area contributed by atoms with Crippen molar-refractivity contribution >= 4 is 60.1 Å². The third kappa shape index (κ3) is 2.93. The normalized spacial score (nSPS) is 11.4. The van der Waals surface area contributed by atoms with Crippen LogP contribution in [0.1, 0.15) is 5.56 Å². The first-order valence-electron chi connectivity index (χ1n) is 13.1. The highest BCUT2D eigenvalue weighted by Gasteiger charge is 2.21. The molecule has 0 saturated heterocycles. The van der Waals surface area contributed by atoms with Crippen molar-refractivity contribution in [2.45, 2.75) is 0 Å². The molecule has 0 atom stereocenters. The van der Waals surface area contributed by atoms with Crippen molar-refractivity contribution in [2.24, 2.45) is 0 Å². The topological polar surface area (TPSA) is 38.0 Å². The van der Waals surface area contributed by atoms with Crippen molar-refractivity contribution in [3.8, 4) is 17.4 Å². The van der Waals surface area contributed by atoms with Crippen LogP contribution in [0.5, 0.6) is 0 Å². The van der Waals surface area contributed by atoms with Gasteiger partial charge in [-0.3, -0.25) is 0 Å². The molecule has 0 amide bonds. The van der Waals surface area contributed by atoms with Gasteiger partial charge in [0.05, 0.1) is 45.6 Å². The maximum atomic E-state index is 10.5. The molecule has 0 aliphatic rings. The van der Waals surface area contributed by atoms with Crippen molar-refractivity contribution in [1.29, 1.82) is 5.26 Å².